The van der Waals surface area contributed by atoms with E-state index < -0.39 is 6.04 Å². The van der Waals surface area contributed by atoms with Crippen LogP contribution >= 0.6 is 0 Å². The first-order valence-electron chi connectivity index (χ1n) is 7.48. The third kappa shape index (κ3) is 3.09. The third-order valence-electron chi connectivity index (χ3n) is 3.95. The van der Waals surface area contributed by atoms with E-state index in [0.29, 0.717) is 0 Å². The largest absolute Gasteiger partial charge is 0.497 e. The summed E-state index contributed by atoms with van der Waals surface area (Å²) < 4.78 is 11.1. The molecule has 5 nitrogen and oxygen atoms in total. The number of benzene rings is 1. The molecule has 1 unspecified atom stereocenters. The van der Waals surface area contributed by atoms with E-state index >= 15 is 0 Å². The van der Waals surface area contributed by atoms with Crippen molar-refractivity contribution >= 4 is 16.9 Å². The van der Waals surface area contributed by atoms with Crippen molar-refractivity contribution in [3.8, 4) is 5.75 Å². The molecule has 0 radical (unpaired) electrons. The number of nitrogens with two attached hydrogens (primary N) is 1. The van der Waals surface area contributed by atoms with E-state index in [1.54, 1.807) is 7.11 Å². The van der Waals surface area contributed by atoms with Crippen LogP contribution in [-0.2, 0) is 4.79 Å². The molecule has 2 atom stereocenters. The van der Waals surface area contributed by atoms with Crippen molar-refractivity contribution in [2.75, 3.05) is 7.11 Å². The molecule has 3 N–H and O–H groups in total. The smallest absolute Gasteiger partial charge is 0.237 e. The summed E-state index contributed by atoms with van der Waals surface area (Å²) >= 11 is 0. The van der Waals surface area contributed by atoms with Crippen LogP contribution in [0.2, 0.25) is 0 Å². The summed E-state index contributed by atoms with van der Waals surface area (Å²) in [7, 11) is 1.63. The Bertz CT molecular complexity index is 676. The molecule has 0 aliphatic carbocycles. The molecule has 2 rings (SSSR count). The van der Waals surface area contributed by atoms with Crippen LogP contribution < -0.4 is 15.8 Å². The topological polar surface area (TPSA) is 77.5 Å². The van der Waals surface area contributed by atoms with Gasteiger partial charge in [0.2, 0.25) is 5.91 Å². The maximum Gasteiger partial charge on any atom is 0.237 e. The molecule has 0 saturated heterocycles. The summed E-state index contributed by atoms with van der Waals surface area (Å²) in [6.45, 7) is 7.72. The van der Waals surface area contributed by atoms with Crippen molar-refractivity contribution in [1.82, 2.24) is 5.32 Å². The van der Waals surface area contributed by atoms with E-state index in [-0.39, 0.29) is 17.9 Å². The number of fused-ring (bicyclic) bond motifs is 1. The second-order valence-corrected chi connectivity index (χ2v) is 5.95. The number of ether oxygens (including phenoxy) is 1. The average molecular weight is 304 g/mol. The Hall–Kier alpha value is -2.01. The van der Waals surface area contributed by atoms with Gasteiger partial charge in [0.15, 0.2) is 0 Å². The summed E-state index contributed by atoms with van der Waals surface area (Å²) in [5.74, 6) is 1.45. The summed E-state index contributed by atoms with van der Waals surface area (Å²) in [5.41, 5.74) is 7.66. The number of furan rings is 1. The summed E-state index contributed by atoms with van der Waals surface area (Å²) in [6.07, 6.45) is 0. The number of hydrogen-bond acceptors (Lipinski definition) is 4. The number of amides is 1. The fourth-order valence-electron chi connectivity index (χ4n) is 2.44. The second kappa shape index (κ2) is 6.40. The molecule has 0 aliphatic rings. The van der Waals surface area contributed by atoms with E-state index in [4.69, 9.17) is 14.9 Å². The number of carbonyl (C=O) groups excluding carboxylic acids is 1. The van der Waals surface area contributed by atoms with Crippen molar-refractivity contribution in [1.29, 1.82) is 0 Å². The summed E-state index contributed by atoms with van der Waals surface area (Å²) in [6, 6.07) is 4.90. The van der Waals surface area contributed by atoms with Crippen molar-refractivity contribution in [2.24, 2.45) is 11.7 Å². The fraction of sp³-hybridized carbons (Fsp3) is 0.471. The maximum absolute atomic E-state index is 12.1. The molecule has 0 saturated carbocycles. The number of rotatable bonds is 5. The molecule has 0 bridgehead atoms. The lowest BCUT2D eigenvalue weighted by Crippen LogP contribution is -2.44. The normalized spacial score (nSPS) is 14.1. The minimum Gasteiger partial charge on any atom is -0.497 e. The van der Waals surface area contributed by atoms with Crippen LogP contribution in [0, 0.1) is 12.8 Å². The van der Waals surface area contributed by atoms with Gasteiger partial charge in [-0.3, -0.25) is 4.79 Å². The lowest BCUT2D eigenvalue weighted by atomic mass is 10.0. The molecule has 0 fully saturated rings. The quantitative estimate of drug-likeness (QED) is 0.890. The molecule has 1 amide bonds. The summed E-state index contributed by atoms with van der Waals surface area (Å²) in [4.78, 5) is 12.1. The monoisotopic (exact) mass is 304 g/mol. The molecule has 1 heterocycles. The highest BCUT2D eigenvalue weighted by molar-refractivity contribution is 5.85. The van der Waals surface area contributed by atoms with Crippen molar-refractivity contribution in [2.45, 2.75) is 39.8 Å². The maximum atomic E-state index is 12.1. The van der Waals surface area contributed by atoms with Gasteiger partial charge in [-0.05, 0) is 38.0 Å². The van der Waals surface area contributed by atoms with Crippen molar-refractivity contribution in [3.05, 3.63) is 29.5 Å². The highest BCUT2D eigenvalue weighted by atomic mass is 16.5. The molecule has 1 aromatic carbocycles. The van der Waals surface area contributed by atoms with Crippen LogP contribution in [-0.4, -0.2) is 19.1 Å². The van der Waals surface area contributed by atoms with Crippen molar-refractivity contribution < 1.29 is 13.9 Å². The Morgan fingerprint density at radius 1 is 1.32 bits per heavy atom. The van der Waals surface area contributed by atoms with Crippen LogP contribution in [0.1, 0.15) is 38.1 Å². The van der Waals surface area contributed by atoms with E-state index in [1.807, 2.05) is 45.9 Å². The molecule has 2 aromatic rings. The van der Waals surface area contributed by atoms with Crippen LogP contribution in [0.15, 0.2) is 22.6 Å². The Morgan fingerprint density at radius 3 is 2.59 bits per heavy atom. The van der Waals surface area contributed by atoms with Gasteiger partial charge in [-0.15, -0.1) is 0 Å². The Balaban J connectivity index is 2.26. The van der Waals surface area contributed by atoms with Crippen LogP contribution in [0.25, 0.3) is 11.0 Å². The van der Waals surface area contributed by atoms with Gasteiger partial charge in [-0.2, -0.15) is 0 Å². The predicted octanol–water partition coefficient (Wildman–Crippen LogP) is 2.91. The molecule has 120 valence electrons. The van der Waals surface area contributed by atoms with E-state index in [1.165, 1.54) is 0 Å². The molecule has 22 heavy (non-hydrogen) atoms. The average Bonchev–Trinajstić information content (AvgIpc) is 2.82. The number of hydrogen-bond donors (Lipinski definition) is 2. The minimum atomic E-state index is -0.521. The zero-order valence-corrected chi connectivity index (χ0v) is 13.8. The molecular formula is C17H24N2O3. The molecule has 0 spiro atoms. The van der Waals surface area contributed by atoms with Gasteiger partial charge >= 0.3 is 0 Å². The van der Waals surface area contributed by atoms with Gasteiger partial charge in [0.05, 0.1) is 19.2 Å². The SMILES string of the molecule is COc1ccc2oc(C(C)NC(=O)[C@@H](N)C(C)C)c(C)c2c1. The standard InChI is InChI=1S/C17H24N2O3/c1-9(2)15(18)17(20)19-11(4)16-10(3)13-8-12(21-5)6-7-14(13)22-16/h6-9,11,15H,18H2,1-5H3,(H,19,20)/t11?,15-/m0/s1. The first-order chi connectivity index (χ1) is 10.3. The van der Waals surface area contributed by atoms with Crippen molar-refractivity contribution in [3.63, 3.8) is 0 Å². The lowest BCUT2D eigenvalue weighted by Gasteiger charge is -2.18. The van der Waals surface area contributed by atoms with E-state index in [9.17, 15) is 4.79 Å². The zero-order chi connectivity index (χ0) is 16.4. The Kier molecular flexibility index (Phi) is 4.76. The first kappa shape index (κ1) is 16.4. The van der Waals surface area contributed by atoms with Crippen LogP contribution in [0.5, 0.6) is 5.75 Å². The van der Waals surface area contributed by atoms with Crippen LogP contribution in [0.4, 0.5) is 0 Å². The number of carbonyl (C=O) groups is 1. The van der Waals surface area contributed by atoms with Gasteiger partial charge in [-0.25, -0.2) is 0 Å². The zero-order valence-electron chi connectivity index (χ0n) is 13.8. The van der Waals surface area contributed by atoms with Gasteiger partial charge in [-0.1, -0.05) is 13.8 Å². The molecular weight excluding hydrogens is 280 g/mol. The number of methoxy groups -OCH3 is 1. The number of aryl methyl sites for hydroxylation is 1. The minimum absolute atomic E-state index is 0.0910. The fourth-order valence-corrected chi connectivity index (χ4v) is 2.44. The highest BCUT2D eigenvalue weighted by Gasteiger charge is 2.23. The Labute approximate surface area is 130 Å². The lowest BCUT2D eigenvalue weighted by molar-refractivity contribution is -0.124. The molecule has 1 aromatic heterocycles. The molecule has 5 heteroatoms. The Morgan fingerprint density at radius 2 is 2.00 bits per heavy atom. The highest BCUT2D eigenvalue weighted by Crippen LogP contribution is 2.31. The first-order valence-corrected chi connectivity index (χ1v) is 7.48. The van der Waals surface area contributed by atoms with E-state index in [0.717, 1.165) is 28.0 Å². The van der Waals surface area contributed by atoms with Gasteiger partial charge in [0.25, 0.3) is 0 Å². The van der Waals surface area contributed by atoms with Gasteiger partial charge < -0.3 is 20.2 Å². The number of nitrogens with one attached hydrogen (secondary N) is 1. The van der Waals surface area contributed by atoms with Gasteiger partial charge in [0.1, 0.15) is 17.1 Å². The van der Waals surface area contributed by atoms with Crippen LogP contribution in [0.3, 0.4) is 0 Å². The molecule has 0 aliphatic heterocycles. The summed E-state index contributed by atoms with van der Waals surface area (Å²) in [5, 5.41) is 3.91. The van der Waals surface area contributed by atoms with Gasteiger partial charge in [0, 0.05) is 10.9 Å². The predicted molar refractivity (Wildman–Crippen MR) is 86.9 cm³/mol. The van der Waals surface area contributed by atoms with E-state index in [2.05, 4.69) is 5.32 Å². The third-order valence-corrected chi connectivity index (χ3v) is 3.95. The second-order valence-electron chi connectivity index (χ2n) is 5.95.